The molecule has 0 aliphatic carbocycles. The zero-order valence-electron chi connectivity index (χ0n) is 16.7. The van der Waals surface area contributed by atoms with Gasteiger partial charge in [-0.3, -0.25) is 9.69 Å². The van der Waals surface area contributed by atoms with Crippen LogP contribution in [-0.4, -0.2) is 54.7 Å². The van der Waals surface area contributed by atoms with E-state index in [1.807, 2.05) is 59.5 Å². The monoisotopic (exact) mass is 391 g/mol. The molecular formula is C23H25N3O3. The average molecular weight is 391 g/mol. The summed E-state index contributed by atoms with van der Waals surface area (Å²) in [5.74, 6) is 1.58. The molecule has 0 bridgehead atoms. The number of rotatable bonds is 5. The Morgan fingerprint density at radius 2 is 1.97 bits per heavy atom. The summed E-state index contributed by atoms with van der Waals surface area (Å²) < 4.78 is 10.8. The Balaban J connectivity index is 1.44. The second-order valence-electron chi connectivity index (χ2n) is 7.34. The standard InChI is InChI=1S/C23H25N3O3/c1-25-11-12-26(16-21(25)18-9-6-10-20(13-18)28-2)23(27)15-19-14-22(29-24-19)17-7-4-3-5-8-17/h3-10,13-14,21H,11-12,15-16H2,1-2H3. The minimum atomic E-state index is 0.0684. The third kappa shape index (κ3) is 4.32. The summed E-state index contributed by atoms with van der Waals surface area (Å²) in [6.07, 6.45) is 0.241. The SMILES string of the molecule is COc1cccc(C2CN(C(=O)Cc3cc(-c4ccccc4)on3)CCN2C)c1. The average Bonchev–Trinajstić information content (AvgIpc) is 3.23. The van der Waals surface area contributed by atoms with E-state index in [4.69, 9.17) is 9.26 Å². The number of carbonyl (C=O) groups is 1. The summed E-state index contributed by atoms with van der Waals surface area (Å²) in [5.41, 5.74) is 2.76. The molecule has 4 rings (SSSR count). The summed E-state index contributed by atoms with van der Waals surface area (Å²) >= 11 is 0. The number of piperazine rings is 1. The quantitative estimate of drug-likeness (QED) is 0.667. The topological polar surface area (TPSA) is 58.8 Å². The number of amides is 1. The molecule has 29 heavy (non-hydrogen) atoms. The van der Waals surface area contributed by atoms with Crippen molar-refractivity contribution in [3.8, 4) is 17.1 Å². The number of nitrogens with zero attached hydrogens (tertiary/aromatic N) is 3. The Kier molecular flexibility index (Phi) is 5.62. The summed E-state index contributed by atoms with van der Waals surface area (Å²) in [6.45, 7) is 2.17. The minimum absolute atomic E-state index is 0.0684. The lowest BCUT2D eigenvalue weighted by atomic mass is 10.0. The van der Waals surface area contributed by atoms with Gasteiger partial charge < -0.3 is 14.2 Å². The van der Waals surface area contributed by atoms with Gasteiger partial charge in [-0.05, 0) is 24.7 Å². The minimum Gasteiger partial charge on any atom is -0.497 e. The van der Waals surface area contributed by atoms with E-state index < -0.39 is 0 Å². The number of ether oxygens (including phenoxy) is 1. The molecule has 1 aliphatic heterocycles. The molecule has 3 aromatic rings. The van der Waals surface area contributed by atoms with Crippen molar-refractivity contribution in [1.29, 1.82) is 0 Å². The normalized spacial score (nSPS) is 17.3. The molecule has 1 amide bonds. The number of methoxy groups -OCH3 is 1. The van der Waals surface area contributed by atoms with E-state index in [1.165, 1.54) is 0 Å². The molecule has 2 aromatic carbocycles. The van der Waals surface area contributed by atoms with Crippen LogP contribution in [-0.2, 0) is 11.2 Å². The highest BCUT2D eigenvalue weighted by Crippen LogP contribution is 2.27. The largest absolute Gasteiger partial charge is 0.497 e. The summed E-state index contributed by atoms with van der Waals surface area (Å²) in [5, 5.41) is 4.09. The van der Waals surface area contributed by atoms with Gasteiger partial charge in [-0.1, -0.05) is 47.6 Å². The molecule has 1 saturated heterocycles. The van der Waals surface area contributed by atoms with Gasteiger partial charge >= 0.3 is 0 Å². The van der Waals surface area contributed by atoms with Crippen LogP contribution >= 0.6 is 0 Å². The molecular weight excluding hydrogens is 366 g/mol. The van der Waals surface area contributed by atoms with E-state index in [1.54, 1.807) is 7.11 Å². The fourth-order valence-corrected chi connectivity index (χ4v) is 3.71. The highest BCUT2D eigenvalue weighted by atomic mass is 16.5. The second-order valence-corrected chi connectivity index (χ2v) is 7.34. The maximum absolute atomic E-state index is 12.9. The molecule has 1 fully saturated rings. The van der Waals surface area contributed by atoms with Gasteiger partial charge in [-0.2, -0.15) is 0 Å². The van der Waals surface area contributed by atoms with Gasteiger partial charge in [0.2, 0.25) is 5.91 Å². The van der Waals surface area contributed by atoms with E-state index in [9.17, 15) is 4.79 Å². The van der Waals surface area contributed by atoms with Crippen LogP contribution < -0.4 is 4.74 Å². The molecule has 0 radical (unpaired) electrons. The van der Waals surface area contributed by atoms with Crippen molar-refractivity contribution in [2.24, 2.45) is 0 Å². The van der Waals surface area contributed by atoms with Gasteiger partial charge in [0.25, 0.3) is 0 Å². The Morgan fingerprint density at radius 3 is 2.76 bits per heavy atom. The lowest BCUT2D eigenvalue weighted by Crippen LogP contribution is -2.49. The number of benzene rings is 2. The summed E-state index contributed by atoms with van der Waals surface area (Å²) in [6, 6.07) is 19.8. The predicted molar refractivity (Wildman–Crippen MR) is 111 cm³/mol. The maximum Gasteiger partial charge on any atom is 0.228 e. The fraction of sp³-hybridized carbons (Fsp3) is 0.304. The first-order chi connectivity index (χ1) is 14.1. The Hall–Kier alpha value is -3.12. The van der Waals surface area contributed by atoms with E-state index in [0.29, 0.717) is 24.5 Å². The maximum atomic E-state index is 12.9. The molecule has 0 spiro atoms. The molecule has 2 heterocycles. The second kappa shape index (κ2) is 8.49. The first-order valence-corrected chi connectivity index (χ1v) is 9.77. The molecule has 0 N–H and O–H groups in total. The van der Waals surface area contributed by atoms with Gasteiger partial charge in [0, 0.05) is 31.3 Å². The van der Waals surface area contributed by atoms with E-state index in [2.05, 4.69) is 23.2 Å². The van der Waals surface area contributed by atoms with Crippen molar-refractivity contribution in [3.05, 3.63) is 71.9 Å². The van der Waals surface area contributed by atoms with Crippen LogP contribution in [0.4, 0.5) is 0 Å². The first-order valence-electron chi connectivity index (χ1n) is 9.77. The molecule has 1 aliphatic rings. The van der Waals surface area contributed by atoms with Crippen molar-refractivity contribution in [2.45, 2.75) is 12.5 Å². The van der Waals surface area contributed by atoms with E-state index in [-0.39, 0.29) is 18.4 Å². The van der Waals surface area contributed by atoms with Crippen LogP contribution in [0.2, 0.25) is 0 Å². The molecule has 0 saturated carbocycles. The first kappa shape index (κ1) is 19.2. The summed E-state index contributed by atoms with van der Waals surface area (Å²) in [4.78, 5) is 17.1. The Bertz CT molecular complexity index is 970. The van der Waals surface area contributed by atoms with Crippen LogP contribution in [0.15, 0.2) is 65.2 Å². The Labute approximate surface area is 170 Å². The number of carbonyl (C=O) groups excluding carboxylic acids is 1. The zero-order chi connectivity index (χ0) is 20.2. The molecule has 1 atom stereocenters. The van der Waals surface area contributed by atoms with Crippen LogP contribution in [0.3, 0.4) is 0 Å². The van der Waals surface area contributed by atoms with Gasteiger partial charge in [0.05, 0.1) is 25.3 Å². The molecule has 6 nitrogen and oxygen atoms in total. The summed E-state index contributed by atoms with van der Waals surface area (Å²) in [7, 11) is 3.76. The van der Waals surface area contributed by atoms with Crippen molar-refractivity contribution in [3.63, 3.8) is 0 Å². The number of hydrogen-bond acceptors (Lipinski definition) is 5. The third-order valence-corrected chi connectivity index (χ3v) is 5.43. The van der Waals surface area contributed by atoms with Crippen molar-refractivity contribution < 1.29 is 14.1 Å². The van der Waals surface area contributed by atoms with Crippen LogP contribution in [0.1, 0.15) is 17.3 Å². The van der Waals surface area contributed by atoms with Gasteiger partial charge in [0.15, 0.2) is 5.76 Å². The predicted octanol–water partition coefficient (Wildman–Crippen LogP) is 3.41. The third-order valence-electron chi connectivity index (χ3n) is 5.43. The van der Waals surface area contributed by atoms with Crippen LogP contribution in [0, 0.1) is 0 Å². The van der Waals surface area contributed by atoms with Gasteiger partial charge in [-0.15, -0.1) is 0 Å². The van der Waals surface area contributed by atoms with Crippen molar-refractivity contribution in [2.75, 3.05) is 33.8 Å². The molecule has 1 aromatic heterocycles. The van der Waals surface area contributed by atoms with Crippen molar-refractivity contribution >= 4 is 5.91 Å². The van der Waals surface area contributed by atoms with Crippen LogP contribution in [0.25, 0.3) is 11.3 Å². The number of hydrogen-bond donors (Lipinski definition) is 0. The smallest absolute Gasteiger partial charge is 0.228 e. The van der Waals surface area contributed by atoms with Crippen LogP contribution in [0.5, 0.6) is 5.75 Å². The highest BCUT2D eigenvalue weighted by Gasteiger charge is 2.29. The molecule has 150 valence electrons. The molecule has 6 heteroatoms. The van der Waals surface area contributed by atoms with E-state index >= 15 is 0 Å². The lowest BCUT2D eigenvalue weighted by Gasteiger charge is -2.39. The van der Waals surface area contributed by atoms with Gasteiger partial charge in [-0.25, -0.2) is 0 Å². The Morgan fingerprint density at radius 1 is 1.14 bits per heavy atom. The van der Waals surface area contributed by atoms with Gasteiger partial charge in [0.1, 0.15) is 5.75 Å². The van der Waals surface area contributed by atoms with E-state index in [0.717, 1.165) is 23.4 Å². The van der Waals surface area contributed by atoms with Crippen molar-refractivity contribution in [1.82, 2.24) is 15.0 Å². The lowest BCUT2D eigenvalue weighted by molar-refractivity contribution is -0.133. The zero-order valence-corrected chi connectivity index (χ0v) is 16.7. The fourth-order valence-electron chi connectivity index (χ4n) is 3.71. The molecule has 1 unspecified atom stereocenters. The number of likely N-dealkylation sites (N-methyl/N-ethyl adjacent to an activating group) is 1. The number of aromatic nitrogens is 1. The highest BCUT2D eigenvalue weighted by molar-refractivity contribution is 5.79.